The minimum atomic E-state index is -0.695. The number of amides is 2. The van der Waals surface area contributed by atoms with Crippen molar-refractivity contribution in [3.63, 3.8) is 0 Å². The lowest BCUT2D eigenvalue weighted by molar-refractivity contribution is -0.126. The normalized spacial score (nSPS) is 18.8. The Morgan fingerprint density at radius 1 is 1.23 bits per heavy atom. The topological polar surface area (TPSA) is 79.2 Å². The van der Waals surface area contributed by atoms with E-state index >= 15 is 0 Å². The fraction of sp³-hybridized carbons (Fsp3) is 0.105. The molecule has 1 aromatic rings. The maximum atomic E-state index is 12.1. The first-order chi connectivity index (χ1) is 12.4. The number of ether oxygens (including phenoxy) is 1. The highest BCUT2D eigenvalue weighted by Gasteiger charge is 2.28. The monoisotopic (exact) mass is 386 g/mol. The van der Waals surface area contributed by atoms with Crippen molar-refractivity contribution in [3.8, 4) is 6.07 Å². The summed E-state index contributed by atoms with van der Waals surface area (Å²) in [5, 5.41) is 12.2. The van der Waals surface area contributed by atoms with Crippen LogP contribution in [0, 0.1) is 11.3 Å². The Balaban J connectivity index is 1.92. The number of carbonyl (C=O) groups is 2. The lowest BCUT2D eigenvalue weighted by atomic mass is 9.96. The first kappa shape index (κ1) is 18.0. The van der Waals surface area contributed by atoms with E-state index in [1.54, 1.807) is 31.2 Å². The van der Waals surface area contributed by atoms with Crippen molar-refractivity contribution in [2.75, 3.05) is 0 Å². The second-order valence-corrected chi connectivity index (χ2v) is 6.43. The fourth-order valence-electron chi connectivity index (χ4n) is 2.59. The first-order valence-corrected chi connectivity index (χ1v) is 8.38. The molecule has 130 valence electrons. The summed E-state index contributed by atoms with van der Waals surface area (Å²) >= 11 is 12.1. The van der Waals surface area contributed by atoms with Crippen molar-refractivity contribution in [2.24, 2.45) is 0 Å². The molecule has 0 saturated carbocycles. The number of hydrogen-bond acceptors (Lipinski definition) is 4. The zero-order valence-electron chi connectivity index (χ0n) is 13.6. The van der Waals surface area contributed by atoms with Crippen LogP contribution < -0.4 is 5.32 Å². The molecule has 1 N–H and O–H groups in total. The maximum absolute atomic E-state index is 12.1. The number of carbonyl (C=O) groups excluding carboxylic acids is 2. The van der Waals surface area contributed by atoms with Crippen molar-refractivity contribution in [2.45, 2.75) is 13.3 Å². The summed E-state index contributed by atoms with van der Waals surface area (Å²) in [6.45, 7) is 1.55. The van der Waals surface area contributed by atoms with E-state index in [-0.39, 0.29) is 11.1 Å². The van der Waals surface area contributed by atoms with Gasteiger partial charge in [-0.1, -0.05) is 23.2 Å². The predicted molar refractivity (Wildman–Crippen MR) is 97.8 cm³/mol. The van der Waals surface area contributed by atoms with Gasteiger partial charge in [0, 0.05) is 16.2 Å². The predicted octanol–water partition coefficient (Wildman–Crippen LogP) is 4.06. The molecule has 3 rings (SSSR count). The minimum Gasteiger partial charge on any atom is -0.457 e. The number of imide groups is 1. The van der Waals surface area contributed by atoms with Gasteiger partial charge in [-0.2, -0.15) is 5.26 Å². The van der Waals surface area contributed by atoms with Gasteiger partial charge in [-0.05, 0) is 55.3 Å². The number of halogens is 2. The lowest BCUT2D eigenvalue weighted by Crippen LogP contribution is -2.37. The molecule has 0 radical (unpaired) electrons. The van der Waals surface area contributed by atoms with Crippen LogP contribution in [-0.4, -0.2) is 11.8 Å². The van der Waals surface area contributed by atoms with Crippen molar-refractivity contribution in [1.82, 2.24) is 5.32 Å². The molecule has 0 unspecified atom stereocenters. The highest BCUT2D eigenvalue weighted by molar-refractivity contribution is 6.35. The highest BCUT2D eigenvalue weighted by Crippen LogP contribution is 2.32. The van der Waals surface area contributed by atoms with Crippen molar-refractivity contribution < 1.29 is 14.3 Å². The van der Waals surface area contributed by atoms with Gasteiger partial charge in [0.15, 0.2) is 0 Å². The van der Waals surface area contributed by atoms with Crippen LogP contribution in [-0.2, 0) is 14.3 Å². The van der Waals surface area contributed by atoms with Crippen molar-refractivity contribution >= 4 is 40.8 Å². The van der Waals surface area contributed by atoms with Gasteiger partial charge >= 0.3 is 0 Å². The Morgan fingerprint density at radius 2 is 2.00 bits per heavy atom. The molecule has 2 heterocycles. The smallest absolute Gasteiger partial charge is 0.269 e. The Kier molecular flexibility index (Phi) is 4.99. The van der Waals surface area contributed by atoms with Crippen LogP contribution >= 0.6 is 23.2 Å². The molecule has 0 spiro atoms. The Labute approximate surface area is 159 Å². The molecule has 0 fully saturated rings. The number of benzene rings is 1. The third-order valence-corrected chi connectivity index (χ3v) is 4.47. The summed E-state index contributed by atoms with van der Waals surface area (Å²) < 4.78 is 5.84. The second-order valence-electron chi connectivity index (χ2n) is 5.59. The van der Waals surface area contributed by atoms with Gasteiger partial charge in [-0.25, -0.2) is 0 Å². The van der Waals surface area contributed by atoms with E-state index in [2.05, 4.69) is 5.32 Å². The summed E-state index contributed by atoms with van der Waals surface area (Å²) in [5.74, 6) is -0.309. The van der Waals surface area contributed by atoms with Crippen molar-refractivity contribution in [3.05, 3.63) is 74.5 Å². The summed E-state index contributed by atoms with van der Waals surface area (Å²) in [4.78, 5) is 23.8. The van der Waals surface area contributed by atoms with Gasteiger partial charge < -0.3 is 4.74 Å². The zero-order valence-corrected chi connectivity index (χ0v) is 15.1. The summed E-state index contributed by atoms with van der Waals surface area (Å²) in [6, 6.07) is 6.88. The third-order valence-electron chi connectivity index (χ3n) is 3.92. The lowest BCUT2D eigenvalue weighted by Gasteiger charge is -2.19. The molecular formula is C19H12Cl2N2O3. The highest BCUT2D eigenvalue weighted by atomic mass is 35.5. The van der Waals surface area contributed by atoms with E-state index in [4.69, 9.17) is 33.2 Å². The molecule has 2 aliphatic rings. The quantitative estimate of drug-likeness (QED) is 0.613. The van der Waals surface area contributed by atoms with Gasteiger partial charge in [-0.15, -0.1) is 0 Å². The number of rotatable bonds is 2. The summed E-state index contributed by atoms with van der Waals surface area (Å²) in [7, 11) is 0. The molecule has 2 aliphatic heterocycles. The molecule has 0 saturated heterocycles. The third kappa shape index (κ3) is 3.43. The van der Waals surface area contributed by atoms with Crippen LogP contribution in [0.2, 0.25) is 10.0 Å². The Bertz CT molecular complexity index is 995. The number of allylic oxidation sites excluding steroid dienone is 3. The van der Waals surface area contributed by atoms with E-state index in [9.17, 15) is 9.59 Å². The molecule has 7 heteroatoms. The fourth-order valence-corrected chi connectivity index (χ4v) is 3.10. The molecule has 0 aliphatic carbocycles. The molecular weight excluding hydrogens is 375 g/mol. The summed E-state index contributed by atoms with van der Waals surface area (Å²) in [6.07, 6.45) is 5.71. The van der Waals surface area contributed by atoms with Crippen LogP contribution in [0.1, 0.15) is 18.9 Å². The first-order valence-electron chi connectivity index (χ1n) is 7.63. The number of nitriles is 1. The van der Waals surface area contributed by atoms with Crippen LogP contribution in [0.15, 0.2) is 58.9 Å². The molecule has 0 atom stereocenters. The van der Waals surface area contributed by atoms with Gasteiger partial charge in [-0.3, -0.25) is 14.9 Å². The van der Waals surface area contributed by atoms with E-state index in [1.165, 1.54) is 6.08 Å². The number of nitrogens with zero attached hydrogens (tertiary/aromatic N) is 1. The molecule has 26 heavy (non-hydrogen) atoms. The number of hydrogen-bond donors (Lipinski definition) is 1. The molecule has 0 aromatic heterocycles. The largest absolute Gasteiger partial charge is 0.457 e. The average Bonchev–Trinajstić information content (AvgIpc) is 2.59. The maximum Gasteiger partial charge on any atom is 0.269 e. The van der Waals surface area contributed by atoms with Gasteiger partial charge in [0.2, 0.25) is 0 Å². The van der Waals surface area contributed by atoms with Gasteiger partial charge in [0.05, 0.1) is 5.02 Å². The number of nitrogens with one attached hydrogen (secondary N) is 1. The Morgan fingerprint density at radius 3 is 2.69 bits per heavy atom. The van der Waals surface area contributed by atoms with Crippen LogP contribution in [0.3, 0.4) is 0 Å². The van der Waals surface area contributed by atoms with Crippen molar-refractivity contribution in [1.29, 1.82) is 5.26 Å². The van der Waals surface area contributed by atoms with Crippen LogP contribution in [0.5, 0.6) is 0 Å². The standard InChI is InChI=1S/C19H12Cl2N2O3/c1-10-14(18(24)23-19(25)15(10)9-22)8-12-3-2-4-17(26-12)13-6-5-11(20)7-16(13)21/h3-8H,2H2,1H3,(H,23,24,25)/b14-8+. The van der Waals surface area contributed by atoms with E-state index in [0.717, 1.165) is 0 Å². The van der Waals surface area contributed by atoms with Crippen LogP contribution in [0.4, 0.5) is 0 Å². The molecule has 1 aromatic carbocycles. The Hall–Kier alpha value is -2.81. The van der Waals surface area contributed by atoms with Crippen LogP contribution in [0.25, 0.3) is 5.76 Å². The SMILES string of the molecule is CC1=C(C#N)C(=O)NC(=O)/C1=C/C1=CCC=C(c2ccc(Cl)cc2Cl)O1. The summed E-state index contributed by atoms with van der Waals surface area (Å²) in [5.41, 5.74) is 1.10. The zero-order chi connectivity index (χ0) is 18.8. The van der Waals surface area contributed by atoms with E-state index in [0.29, 0.717) is 39.1 Å². The van der Waals surface area contributed by atoms with E-state index < -0.39 is 11.8 Å². The molecule has 0 bridgehead atoms. The van der Waals surface area contributed by atoms with Gasteiger partial charge in [0.1, 0.15) is 23.2 Å². The molecule has 5 nitrogen and oxygen atoms in total. The average molecular weight is 387 g/mol. The molecule has 2 amide bonds. The second kappa shape index (κ2) is 7.20. The van der Waals surface area contributed by atoms with E-state index in [1.807, 2.05) is 12.1 Å². The minimum absolute atomic E-state index is 0.0937. The van der Waals surface area contributed by atoms with Gasteiger partial charge in [0.25, 0.3) is 11.8 Å².